The van der Waals surface area contributed by atoms with Crippen molar-refractivity contribution in [2.45, 2.75) is 71.9 Å². The minimum Gasteiger partial charge on any atom is -0.461 e. The smallest absolute Gasteiger partial charge is 0.328 e. The monoisotopic (exact) mass is 359 g/mol. The number of rotatable bonds is 7. The van der Waals surface area contributed by atoms with E-state index in [1.54, 1.807) is 0 Å². The number of hydrogen-bond donors (Lipinski definition) is 1. The summed E-state index contributed by atoms with van der Waals surface area (Å²) in [4.78, 5) is 24.4. The van der Waals surface area contributed by atoms with E-state index in [9.17, 15) is 9.59 Å². The van der Waals surface area contributed by atoms with E-state index in [-0.39, 0.29) is 18.0 Å². The van der Waals surface area contributed by atoms with Crippen molar-refractivity contribution in [2.75, 3.05) is 0 Å². The second-order valence-corrected chi connectivity index (χ2v) is 8.08. The summed E-state index contributed by atoms with van der Waals surface area (Å²) in [5, 5.41) is 2.78. The van der Waals surface area contributed by atoms with Gasteiger partial charge in [-0.15, -0.1) is 0 Å². The Morgan fingerprint density at radius 2 is 1.88 bits per heavy atom. The first-order chi connectivity index (χ1) is 12.4. The van der Waals surface area contributed by atoms with Crippen LogP contribution in [-0.4, -0.2) is 24.0 Å². The molecule has 4 atom stereocenters. The zero-order valence-corrected chi connectivity index (χ0v) is 16.5. The minimum absolute atomic E-state index is 0.0424. The van der Waals surface area contributed by atoms with Crippen molar-refractivity contribution >= 4 is 11.9 Å². The van der Waals surface area contributed by atoms with Crippen molar-refractivity contribution < 1.29 is 14.3 Å². The van der Waals surface area contributed by atoms with Gasteiger partial charge in [-0.25, -0.2) is 4.79 Å². The summed E-state index contributed by atoms with van der Waals surface area (Å²) >= 11 is 0. The van der Waals surface area contributed by atoms with Gasteiger partial charge in [-0.3, -0.25) is 4.79 Å². The molecule has 4 heteroatoms. The average Bonchev–Trinajstić information content (AvgIpc) is 2.59. The molecule has 1 fully saturated rings. The third-order valence-electron chi connectivity index (χ3n) is 5.46. The number of hydrogen-bond acceptors (Lipinski definition) is 3. The van der Waals surface area contributed by atoms with E-state index in [1.165, 1.54) is 13.3 Å². The first-order valence-electron chi connectivity index (χ1n) is 9.88. The molecule has 1 saturated carbocycles. The first kappa shape index (κ1) is 20.5. The molecule has 1 N–H and O–H groups in total. The van der Waals surface area contributed by atoms with Crippen LogP contribution in [0.5, 0.6) is 0 Å². The maximum atomic E-state index is 12.8. The highest BCUT2D eigenvalue weighted by Crippen LogP contribution is 2.35. The van der Waals surface area contributed by atoms with E-state index in [1.807, 2.05) is 30.3 Å². The van der Waals surface area contributed by atoms with Gasteiger partial charge in [0.2, 0.25) is 5.91 Å². The highest BCUT2D eigenvalue weighted by atomic mass is 16.5. The van der Waals surface area contributed by atoms with Crippen LogP contribution in [0.15, 0.2) is 30.3 Å². The van der Waals surface area contributed by atoms with E-state index in [0.29, 0.717) is 24.2 Å². The van der Waals surface area contributed by atoms with Crippen molar-refractivity contribution in [1.82, 2.24) is 5.32 Å². The number of carbonyl (C=O) groups is 2. The number of ether oxygens (including phenoxy) is 1. The molecule has 26 heavy (non-hydrogen) atoms. The highest BCUT2D eigenvalue weighted by Gasteiger charge is 2.35. The van der Waals surface area contributed by atoms with Crippen LogP contribution in [-0.2, 0) is 20.7 Å². The molecule has 0 radical (unpaired) electrons. The van der Waals surface area contributed by atoms with Crippen molar-refractivity contribution in [2.24, 2.45) is 17.8 Å². The summed E-state index contributed by atoms with van der Waals surface area (Å²) in [5.74, 6) is 0.982. The lowest BCUT2D eigenvalue weighted by Gasteiger charge is -2.37. The summed E-state index contributed by atoms with van der Waals surface area (Å²) in [6.07, 6.45) is 4.46. The third kappa shape index (κ3) is 6.15. The molecule has 4 nitrogen and oxygen atoms in total. The molecule has 0 unspecified atom stereocenters. The molecule has 0 heterocycles. The third-order valence-corrected chi connectivity index (χ3v) is 5.46. The molecule has 1 aliphatic carbocycles. The van der Waals surface area contributed by atoms with Crippen molar-refractivity contribution in [3.8, 4) is 0 Å². The molecular formula is C22H33NO3. The molecule has 144 valence electrons. The molecule has 1 aromatic carbocycles. The number of benzene rings is 1. The van der Waals surface area contributed by atoms with Crippen molar-refractivity contribution in [3.63, 3.8) is 0 Å². The fraction of sp³-hybridized carbons (Fsp3) is 0.636. The van der Waals surface area contributed by atoms with Gasteiger partial charge in [0.25, 0.3) is 0 Å². The van der Waals surface area contributed by atoms with Crippen LogP contribution in [0.2, 0.25) is 0 Å². The van der Waals surface area contributed by atoms with Gasteiger partial charge in [-0.1, -0.05) is 57.5 Å². The van der Waals surface area contributed by atoms with Crippen molar-refractivity contribution in [3.05, 3.63) is 35.9 Å². The van der Waals surface area contributed by atoms with E-state index >= 15 is 0 Å². The highest BCUT2D eigenvalue weighted by molar-refractivity contribution is 5.83. The second-order valence-electron chi connectivity index (χ2n) is 8.08. The molecule has 2 rings (SSSR count). The minimum atomic E-state index is -0.585. The van der Waals surface area contributed by atoms with Crippen LogP contribution in [0, 0.1) is 17.8 Å². The zero-order valence-electron chi connectivity index (χ0n) is 16.5. The Balaban J connectivity index is 2.01. The van der Waals surface area contributed by atoms with Gasteiger partial charge >= 0.3 is 5.97 Å². The van der Waals surface area contributed by atoms with Gasteiger partial charge in [-0.2, -0.15) is 0 Å². The van der Waals surface area contributed by atoms with E-state index in [4.69, 9.17) is 4.74 Å². The number of esters is 1. The van der Waals surface area contributed by atoms with Gasteiger partial charge in [0.05, 0.1) is 0 Å². The van der Waals surface area contributed by atoms with Crippen LogP contribution < -0.4 is 5.32 Å². The van der Waals surface area contributed by atoms with Crippen LogP contribution in [0.3, 0.4) is 0 Å². The standard InChI is InChI=1S/C22H33NO3/c1-15(2)19-12-10-16(3)14-21(19)26-22(25)20(23-17(4)24)13-11-18-8-6-5-7-9-18/h5-9,15-16,19-21H,10-14H2,1-4H3,(H,23,24)/t16-,19+,20+,21-/m1/s1. The quantitative estimate of drug-likeness (QED) is 0.745. The van der Waals surface area contributed by atoms with Crippen LogP contribution in [0.4, 0.5) is 0 Å². The molecule has 1 aromatic rings. The molecule has 0 aliphatic heterocycles. The molecule has 0 saturated heterocycles. The second kappa shape index (κ2) is 9.75. The normalized spacial score (nSPS) is 24.1. The molecule has 1 amide bonds. The largest absolute Gasteiger partial charge is 0.461 e. The maximum absolute atomic E-state index is 12.8. The maximum Gasteiger partial charge on any atom is 0.328 e. The van der Waals surface area contributed by atoms with Gasteiger partial charge in [0.15, 0.2) is 0 Å². The van der Waals surface area contributed by atoms with Gasteiger partial charge in [0, 0.05) is 6.92 Å². The predicted octanol–water partition coefficient (Wildman–Crippen LogP) is 4.13. The zero-order chi connectivity index (χ0) is 19.1. The van der Waals surface area contributed by atoms with Crippen LogP contribution >= 0.6 is 0 Å². The molecule has 0 aromatic heterocycles. The Hall–Kier alpha value is -1.84. The lowest BCUT2D eigenvalue weighted by Crippen LogP contribution is -2.45. The number of aryl methyl sites for hydroxylation is 1. The average molecular weight is 360 g/mol. The molecule has 1 aliphatic rings. The molecule has 0 spiro atoms. The lowest BCUT2D eigenvalue weighted by molar-refractivity contribution is -0.159. The Morgan fingerprint density at radius 1 is 1.19 bits per heavy atom. The summed E-state index contributed by atoms with van der Waals surface area (Å²) in [5.41, 5.74) is 1.15. The van der Waals surface area contributed by atoms with Gasteiger partial charge < -0.3 is 10.1 Å². The summed E-state index contributed by atoms with van der Waals surface area (Å²) in [7, 11) is 0. The Kier molecular flexibility index (Phi) is 7.67. The van der Waals surface area contributed by atoms with Crippen LogP contribution in [0.1, 0.15) is 58.9 Å². The Bertz CT molecular complexity index is 584. The Labute approximate surface area is 157 Å². The predicted molar refractivity (Wildman–Crippen MR) is 104 cm³/mol. The van der Waals surface area contributed by atoms with E-state index in [0.717, 1.165) is 24.8 Å². The summed E-state index contributed by atoms with van der Waals surface area (Å²) in [6, 6.07) is 9.42. The van der Waals surface area contributed by atoms with Crippen molar-refractivity contribution in [1.29, 1.82) is 0 Å². The first-order valence-corrected chi connectivity index (χ1v) is 9.88. The van der Waals surface area contributed by atoms with Gasteiger partial charge in [-0.05, 0) is 49.0 Å². The fourth-order valence-electron chi connectivity index (χ4n) is 3.93. The van der Waals surface area contributed by atoms with Crippen LogP contribution in [0.25, 0.3) is 0 Å². The summed E-state index contributed by atoms with van der Waals surface area (Å²) < 4.78 is 5.93. The molecular weight excluding hydrogens is 326 g/mol. The molecule has 0 bridgehead atoms. The fourth-order valence-corrected chi connectivity index (χ4v) is 3.93. The van der Waals surface area contributed by atoms with Gasteiger partial charge in [0.1, 0.15) is 12.1 Å². The Morgan fingerprint density at radius 3 is 2.50 bits per heavy atom. The lowest BCUT2D eigenvalue weighted by atomic mass is 9.75. The number of carbonyl (C=O) groups excluding carboxylic acids is 2. The number of amides is 1. The van der Waals surface area contributed by atoms with E-state index < -0.39 is 6.04 Å². The number of nitrogens with one attached hydrogen (secondary N) is 1. The SMILES string of the molecule is CC(=O)N[C@@H](CCc1ccccc1)C(=O)O[C@@H]1C[C@H](C)CC[C@H]1C(C)C. The summed E-state index contributed by atoms with van der Waals surface area (Å²) in [6.45, 7) is 8.06. The van der Waals surface area contributed by atoms with E-state index in [2.05, 4.69) is 26.1 Å². The topological polar surface area (TPSA) is 55.4 Å².